The summed E-state index contributed by atoms with van der Waals surface area (Å²) in [4.78, 5) is 25.9. The Balaban J connectivity index is 2.87. The fourth-order valence-corrected chi connectivity index (χ4v) is 1.22. The van der Waals surface area contributed by atoms with Crippen LogP contribution in [0.5, 0.6) is 0 Å². The van der Waals surface area contributed by atoms with Gasteiger partial charge in [0.15, 0.2) is 0 Å². The third-order valence-corrected chi connectivity index (χ3v) is 2.20. The molecular weight excluding hydrogens is 184 g/mol. The number of carbonyl (C=O) groups excluding carboxylic acids is 2. The van der Waals surface area contributed by atoms with Gasteiger partial charge in [-0.15, -0.1) is 0 Å². The summed E-state index contributed by atoms with van der Waals surface area (Å²) in [5.41, 5.74) is 0.380. The van der Waals surface area contributed by atoms with Crippen LogP contribution in [0, 0.1) is 0 Å². The average molecular weight is 198 g/mol. The van der Waals surface area contributed by atoms with Crippen LogP contribution in [0.15, 0.2) is 11.8 Å². The first-order valence-corrected chi connectivity index (χ1v) is 4.32. The van der Waals surface area contributed by atoms with E-state index in [4.69, 9.17) is 0 Å². The van der Waals surface area contributed by atoms with Gasteiger partial charge in [0.1, 0.15) is 5.70 Å². The molecule has 14 heavy (non-hydrogen) atoms. The lowest BCUT2D eigenvalue weighted by molar-refractivity contribution is -0.136. The van der Waals surface area contributed by atoms with Crippen molar-refractivity contribution in [2.24, 2.45) is 0 Å². The molecule has 1 aliphatic rings. The van der Waals surface area contributed by atoms with Crippen LogP contribution in [-0.2, 0) is 14.3 Å². The molecule has 5 nitrogen and oxygen atoms in total. The lowest BCUT2D eigenvalue weighted by Gasteiger charge is -2.32. The number of nitrogens with zero attached hydrogens (tertiary/aromatic N) is 2. The Bertz CT molecular complexity index is 286. The minimum atomic E-state index is -0.504. The normalized spacial score (nSPS) is 20.2. The number of amides is 1. The van der Waals surface area contributed by atoms with Gasteiger partial charge < -0.3 is 14.5 Å². The number of esters is 1. The van der Waals surface area contributed by atoms with Crippen LogP contribution in [0.2, 0.25) is 0 Å². The summed E-state index contributed by atoms with van der Waals surface area (Å²) in [5.74, 6) is -0.653. The quantitative estimate of drug-likeness (QED) is 0.419. The second kappa shape index (κ2) is 4.13. The molecular formula is C9H14N2O3. The highest BCUT2D eigenvalue weighted by molar-refractivity contribution is 5.99. The van der Waals surface area contributed by atoms with Gasteiger partial charge in [-0.1, -0.05) is 0 Å². The number of hydrogen-bond donors (Lipinski definition) is 0. The van der Waals surface area contributed by atoms with Crippen LogP contribution in [0.25, 0.3) is 0 Å². The van der Waals surface area contributed by atoms with E-state index in [9.17, 15) is 9.59 Å². The average Bonchev–Trinajstić information content (AvgIpc) is 2.18. The molecule has 0 bridgehead atoms. The molecule has 0 spiro atoms. The van der Waals surface area contributed by atoms with Gasteiger partial charge in [-0.3, -0.25) is 4.79 Å². The van der Waals surface area contributed by atoms with E-state index in [-0.39, 0.29) is 5.91 Å². The van der Waals surface area contributed by atoms with E-state index >= 15 is 0 Å². The largest absolute Gasteiger partial charge is 0.466 e. The molecule has 1 heterocycles. The van der Waals surface area contributed by atoms with Crippen molar-refractivity contribution in [2.75, 3.05) is 34.3 Å². The van der Waals surface area contributed by atoms with Gasteiger partial charge in [0.05, 0.1) is 13.2 Å². The highest BCUT2D eigenvalue weighted by Crippen LogP contribution is 2.11. The summed E-state index contributed by atoms with van der Waals surface area (Å²) in [6, 6.07) is 0. The zero-order valence-electron chi connectivity index (χ0n) is 8.61. The molecule has 0 atom stereocenters. The van der Waals surface area contributed by atoms with Crippen LogP contribution < -0.4 is 0 Å². The van der Waals surface area contributed by atoms with E-state index in [1.807, 2.05) is 0 Å². The van der Waals surface area contributed by atoms with E-state index < -0.39 is 5.97 Å². The number of hydrogen-bond acceptors (Lipinski definition) is 4. The molecule has 0 aromatic rings. The van der Waals surface area contributed by atoms with Crippen LogP contribution in [0.4, 0.5) is 0 Å². The first kappa shape index (κ1) is 10.6. The Kier molecular flexibility index (Phi) is 3.11. The van der Waals surface area contributed by atoms with Gasteiger partial charge >= 0.3 is 5.97 Å². The number of carbonyl (C=O) groups is 2. The topological polar surface area (TPSA) is 49.9 Å². The molecule has 0 aliphatic carbocycles. The number of piperazine rings is 1. The molecule has 0 unspecified atom stereocenters. The van der Waals surface area contributed by atoms with Crippen molar-refractivity contribution in [3.8, 4) is 0 Å². The Morgan fingerprint density at radius 3 is 2.50 bits per heavy atom. The van der Waals surface area contributed by atoms with Crippen molar-refractivity contribution in [2.45, 2.75) is 0 Å². The molecule has 1 fully saturated rings. The van der Waals surface area contributed by atoms with Gasteiger partial charge in [-0.05, 0) is 0 Å². The lowest BCUT2D eigenvalue weighted by Crippen LogP contribution is -2.45. The predicted molar refractivity (Wildman–Crippen MR) is 50.4 cm³/mol. The van der Waals surface area contributed by atoms with Crippen molar-refractivity contribution in [1.29, 1.82) is 0 Å². The number of rotatable bonds is 1. The zero-order valence-corrected chi connectivity index (χ0v) is 8.61. The predicted octanol–water partition coefficient (Wildman–Crippen LogP) is -0.553. The first-order chi connectivity index (χ1) is 6.56. The van der Waals surface area contributed by atoms with Gasteiger partial charge in [-0.25, -0.2) is 4.79 Å². The molecule has 1 saturated heterocycles. The zero-order chi connectivity index (χ0) is 10.7. The monoisotopic (exact) mass is 198 g/mol. The van der Waals surface area contributed by atoms with Crippen molar-refractivity contribution < 1.29 is 14.3 Å². The Morgan fingerprint density at radius 2 is 1.93 bits per heavy atom. The molecule has 0 radical (unpaired) electrons. The molecule has 5 heteroatoms. The van der Waals surface area contributed by atoms with Gasteiger partial charge in [-0.2, -0.15) is 0 Å². The van der Waals surface area contributed by atoms with Crippen LogP contribution >= 0.6 is 0 Å². The summed E-state index contributed by atoms with van der Waals surface area (Å²) in [6.07, 6.45) is 1.22. The fourth-order valence-electron chi connectivity index (χ4n) is 1.22. The number of methoxy groups -OCH3 is 1. The molecule has 1 rings (SSSR count). The van der Waals surface area contributed by atoms with Crippen LogP contribution in [0.3, 0.4) is 0 Å². The maximum atomic E-state index is 11.6. The Morgan fingerprint density at radius 1 is 1.36 bits per heavy atom. The van der Waals surface area contributed by atoms with Crippen molar-refractivity contribution in [1.82, 2.24) is 9.80 Å². The smallest absolute Gasteiger partial charge is 0.332 e. The fraction of sp³-hybridized carbons (Fsp3) is 0.556. The van der Waals surface area contributed by atoms with Gasteiger partial charge in [0.25, 0.3) is 5.91 Å². The second-order valence-corrected chi connectivity index (χ2v) is 3.20. The van der Waals surface area contributed by atoms with E-state index in [0.717, 1.165) is 6.54 Å². The summed E-state index contributed by atoms with van der Waals surface area (Å²) in [7, 11) is 4.77. The van der Waals surface area contributed by atoms with Gasteiger partial charge in [0.2, 0.25) is 0 Å². The molecule has 1 amide bonds. The van der Waals surface area contributed by atoms with E-state index in [1.54, 1.807) is 23.9 Å². The Hall–Kier alpha value is -1.52. The standard InChI is InChI=1S/C9H14N2O3/c1-10-4-5-11(2)9(13)7(10)6-8(12)14-3/h6H,4-5H2,1-3H3/b7-6+. The molecule has 0 aromatic heterocycles. The summed E-state index contributed by atoms with van der Waals surface area (Å²) in [5, 5.41) is 0. The maximum Gasteiger partial charge on any atom is 0.332 e. The van der Waals surface area contributed by atoms with E-state index in [1.165, 1.54) is 13.2 Å². The third kappa shape index (κ3) is 2.04. The lowest BCUT2D eigenvalue weighted by atomic mass is 10.2. The number of likely N-dealkylation sites (N-methyl/N-ethyl adjacent to an activating group) is 2. The minimum absolute atomic E-state index is 0.149. The van der Waals surface area contributed by atoms with E-state index in [0.29, 0.717) is 12.2 Å². The third-order valence-electron chi connectivity index (χ3n) is 2.20. The van der Waals surface area contributed by atoms with Crippen LogP contribution in [-0.4, -0.2) is 56.0 Å². The van der Waals surface area contributed by atoms with Crippen molar-refractivity contribution >= 4 is 11.9 Å². The van der Waals surface area contributed by atoms with Gasteiger partial charge in [0, 0.05) is 27.2 Å². The highest BCUT2D eigenvalue weighted by Gasteiger charge is 2.24. The van der Waals surface area contributed by atoms with Crippen molar-refractivity contribution in [3.63, 3.8) is 0 Å². The molecule has 0 N–H and O–H groups in total. The number of ether oxygens (including phenoxy) is 1. The summed E-state index contributed by atoms with van der Waals surface area (Å²) >= 11 is 0. The summed E-state index contributed by atoms with van der Waals surface area (Å²) < 4.78 is 4.47. The first-order valence-electron chi connectivity index (χ1n) is 4.32. The van der Waals surface area contributed by atoms with E-state index in [2.05, 4.69) is 4.74 Å². The second-order valence-electron chi connectivity index (χ2n) is 3.20. The molecule has 78 valence electrons. The van der Waals surface area contributed by atoms with Crippen LogP contribution in [0.1, 0.15) is 0 Å². The Labute approximate surface area is 82.9 Å². The SMILES string of the molecule is COC(=O)/C=C1\C(=O)N(C)CCN1C. The molecule has 0 aromatic carbocycles. The molecule has 1 aliphatic heterocycles. The highest BCUT2D eigenvalue weighted by atomic mass is 16.5. The summed E-state index contributed by atoms with van der Waals surface area (Å²) in [6.45, 7) is 1.40. The maximum absolute atomic E-state index is 11.6. The van der Waals surface area contributed by atoms with Crippen molar-refractivity contribution in [3.05, 3.63) is 11.8 Å². The minimum Gasteiger partial charge on any atom is -0.466 e. The molecule has 0 saturated carbocycles.